The molecule has 0 radical (unpaired) electrons. The Labute approximate surface area is 326 Å². The van der Waals surface area contributed by atoms with Gasteiger partial charge in [-0.3, -0.25) is 4.18 Å². The Morgan fingerprint density at radius 2 is 1.49 bits per heavy atom. The molecule has 1 aliphatic heterocycles. The molecule has 0 fully saturated rings. The fourth-order valence-corrected chi connectivity index (χ4v) is 8.39. The third-order valence-electron chi connectivity index (χ3n) is 10.6. The van der Waals surface area contributed by atoms with Gasteiger partial charge in [-0.05, 0) is 128 Å². The van der Waals surface area contributed by atoms with E-state index in [1.165, 1.54) is 113 Å². The summed E-state index contributed by atoms with van der Waals surface area (Å²) in [5, 5.41) is 1.08. The molecule has 0 spiro atoms. The molecule has 0 N–H and O–H groups in total. The number of ether oxygens (including phenoxy) is 2. The zero-order valence-corrected chi connectivity index (χ0v) is 36.9. The highest BCUT2D eigenvalue weighted by molar-refractivity contribution is 9.09. The first-order valence-electron chi connectivity index (χ1n) is 21.0. The smallest absolute Gasteiger partial charge is 0.220 e. The summed E-state index contributed by atoms with van der Waals surface area (Å²) in [6.45, 7) is 14.1. The number of hydrogen-bond donors (Lipinski definition) is 0. The van der Waals surface area contributed by atoms with Crippen LogP contribution in [0, 0.1) is 13.8 Å². The summed E-state index contributed by atoms with van der Waals surface area (Å²) < 4.78 is 26.7. The molecule has 0 bridgehead atoms. The summed E-state index contributed by atoms with van der Waals surface area (Å²) in [6, 6.07) is 2.24. The lowest BCUT2D eigenvalue weighted by Crippen LogP contribution is -2.36. The number of halogens is 1. The Balaban J connectivity index is 1.95. The molecule has 1 heterocycles. The van der Waals surface area contributed by atoms with Crippen molar-refractivity contribution in [3.8, 4) is 11.5 Å². The van der Waals surface area contributed by atoms with Crippen molar-refractivity contribution in [3.63, 3.8) is 0 Å². The number of hydrogen-bond acceptors (Lipinski definition) is 4. The summed E-state index contributed by atoms with van der Waals surface area (Å²) in [4.78, 5) is 0. The van der Waals surface area contributed by atoms with E-state index in [0.29, 0.717) is 0 Å². The predicted molar refractivity (Wildman–Crippen MR) is 229 cm³/mol. The van der Waals surface area contributed by atoms with E-state index < -0.39 is 10.6 Å². The second-order valence-electron chi connectivity index (χ2n) is 15.7. The minimum atomic E-state index is -1.71. The van der Waals surface area contributed by atoms with Crippen LogP contribution in [0.4, 0.5) is 0 Å². The van der Waals surface area contributed by atoms with Crippen LogP contribution in [0.5, 0.6) is 11.5 Å². The fourth-order valence-electron chi connectivity index (χ4n) is 6.76. The number of alkyl halides is 1. The molecule has 0 aliphatic carbocycles. The minimum absolute atomic E-state index is 0.133. The van der Waals surface area contributed by atoms with Crippen LogP contribution in [0.15, 0.2) is 29.9 Å². The van der Waals surface area contributed by atoms with Gasteiger partial charge in [0.25, 0.3) is 0 Å². The standard InChI is InChI=1S/C45H79BrO4S/c1-9-11-12-13-14-15-16-17-18-19-20-21-22-23-26-31-43(50-51(7,8)47-36-28-25-24-27-35-46)48-42-37-41-32-34-45(6,33-29-30-38(3)10-2)49-44(41)40(5)39(42)4/h17-18,30,37,43H,9-16,19-29,31-36H2,1-8H3/b18-17-,38-30+. The first-order chi connectivity index (χ1) is 24.5. The van der Waals surface area contributed by atoms with Crippen LogP contribution in [0.3, 0.4) is 0 Å². The molecule has 0 aromatic heterocycles. The molecule has 6 heteroatoms. The van der Waals surface area contributed by atoms with E-state index in [2.05, 4.69) is 94.3 Å². The Kier molecular flexibility index (Phi) is 24.2. The fraction of sp³-hybridized carbons (Fsp3) is 0.778. The first-order valence-corrected chi connectivity index (χ1v) is 24.4. The van der Waals surface area contributed by atoms with Gasteiger partial charge in [0.15, 0.2) is 0 Å². The lowest BCUT2D eigenvalue weighted by atomic mass is 9.87. The van der Waals surface area contributed by atoms with E-state index in [-0.39, 0.29) is 11.9 Å². The van der Waals surface area contributed by atoms with Crippen LogP contribution in [0.1, 0.15) is 186 Å². The second-order valence-corrected chi connectivity index (χ2v) is 19.2. The summed E-state index contributed by atoms with van der Waals surface area (Å²) in [6.07, 6.45) is 38.9. The molecule has 1 aromatic carbocycles. The van der Waals surface area contributed by atoms with Crippen LogP contribution in [0.2, 0.25) is 0 Å². The van der Waals surface area contributed by atoms with E-state index in [1.807, 2.05) is 0 Å². The predicted octanol–water partition coefficient (Wildman–Crippen LogP) is 15.1. The second kappa shape index (κ2) is 26.8. The first kappa shape index (κ1) is 46.2. The molecular weight excluding hydrogens is 716 g/mol. The van der Waals surface area contributed by atoms with Gasteiger partial charge >= 0.3 is 0 Å². The van der Waals surface area contributed by atoms with Crippen molar-refractivity contribution in [1.82, 2.24) is 0 Å². The van der Waals surface area contributed by atoms with Crippen LogP contribution in [-0.2, 0) is 14.8 Å². The number of allylic oxidation sites excluding steroid dienone is 4. The molecule has 0 amide bonds. The van der Waals surface area contributed by atoms with Crippen molar-refractivity contribution in [2.75, 3.05) is 24.4 Å². The third kappa shape index (κ3) is 19.8. The summed E-state index contributed by atoms with van der Waals surface area (Å²) >= 11 is 3.54. The molecule has 1 aromatic rings. The molecular formula is C45H79BrO4S. The largest absolute Gasteiger partial charge is 0.487 e. The van der Waals surface area contributed by atoms with Crippen LogP contribution in [0.25, 0.3) is 0 Å². The highest BCUT2D eigenvalue weighted by Gasteiger charge is 2.33. The van der Waals surface area contributed by atoms with Crippen molar-refractivity contribution < 1.29 is 17.8 Å². The van der Waals surface area contributed by atoms with Gasteiger partial charge in [-0.1, -0.05) is 118 Å². The zero-order valence-electron chi connectivity index (χ0n) is 34.5. The van der Waals surface area contributed by atoms with Crippen molar-refractivity contribution in [3.05, 3.63) is 46.6 Å². The van der Waals surface area contributed by atoms with Gasteiger partial charge in [-0.15, -0.1) is 0 Å². The monoisotopic (exact) mass is 794 g/mol. The molecule has 0 saturated carbocycles. The normalized spacial score (nSPS) is 17.5. The molecule has 2 rings (SSSR count). The van der Waals surface area contributed by atoms with Gasteiger partial charge in [0.1, 0.15) is 17.1 Å². The van der Waals surface area contributed by atoms with E-state index in [4.69, 9.17) is 17.8 Å². The Hall–Kier alpha value is -0.950. The van der Waals surface area contributed by atoms with Crippen LogP contribution < -0.4 is 9.47 Å². The molecule has 2 atom stereocenters. The van der Waals surface area contributed by atoms with E-state index in [9.17, 15) is 0 Å². The Bertz CT molecular complexity index is 1130. The van der Waals surface area contributed by atoms with Crippen LogP contribution >= 0.6 is 26.5 Å². The maximum absolute atomic E-state index is 6.80. The third-order valence-corrected chi connectivity index (χ3v) is 12.5. The van der Waals surface area contributed by atoms with Gasteiger partial charge in [0.05, 0.1) is 6.61 Å². The average Bonchev–Trinajstić information content (AvgIpc) is 3.10. The number of unbranched alkanes of at least 4 members (excludes halogenated alkanes) is 14. The number of benzene rings is 1. The average molecular weight is 796 g/mol. The quantitative estimate of drug-likeness (QED) is 0.0336. The van der Waals surface area contributed by atoms with Gasteiger partial charge in [0, 0.05) is 24.3 Å². The highest BCUT2D eigenvalue weighted by atomic mass is 79.9. The maximum Gasteiger partial charge on any atom is 0.220 e. The van der Waals surface area contributed by atoms with E-state index in [0.717, 1.165) is 80.4 Å². The van der Waals surface area contributed by atoms with Gasteiger partial charge in [-0.25, -0.2) is 4.18 Å². The summed E-state index contributed by atoms with van der Waals surface area (Å²) in [7, 11) is -1.71. The van der Waals surface area contributed by atoms with Crippen molar-refractivity contribution in [2.24, 2.45) is 0 Å². The molecule has 51 heavy (non-hydrogen) atoms. The van der Waals surface area contributed by atoms with Gasteiger partial charge in [0.2, 0.25) is 6.29 Å². The van der Waals surface area contributed by atoms with Crippen molar-refractivity contribution in [1.29, 1.82) is 0 Å². The minimum Gasteiger partial charge on any atom is -0.487 e. The van der Waals surface area contributed by atoms with E-state index in [1.54, 1.807) is 0 Å². The topological polar surface area (TPSA) is 36.9 Å². The van der Waals surface area contributed by atoms with Gasteiger partial charge in [-0.2, -0.15) is 10.6 Å². The van der Waals surface area contributed by atoms with Crippen molar-refractivity contribution in [2.45, 2.75) is 201 Å². The zero-order chi connectivity index (χ0) is 37.4. The lowest BCUT2D eigenvalue weighted by molar-refractivity contribution is -0.00135. The molecule has 296 valence electrons. The van der Waals surface area contributed by atoms with Crippen LogP contribution in [-0.4, -0.2) is 36.3 Å². The summed E-state index contributed by atoms with van der Waals surface area (Å²) in [5.41, 5.74) is 4.93. The van der Waals surface area contributed by atoms with Crippen molar-refractivity contribution >= 4 is 26.5 Å². The van der Waals surface area contributed by atoms with E-state index >= 15 is 0 Å². The molecule has 4 nitrogen and oxygen atoms in total. The number of aryl methyl sites for hydroxylation is 1. The molecule has 0 saturated heterocycles. The Morgan fingerprint density at radius 1 is 0.863 bits per heavy atom. The Morgan fingerprint density at radius 3 is 2.16 bits per heavy atom. The van der Waals surface area contributed by atoms with Gasteiger partial charge < -0.3 is 9.47 Å². The molecule has 2 unspecified atom stereocenters. The SMILES string of the molecule is CCCCCCCC/C=C\CCCCCCCC(Oc1cc2c(c(C)c1C)OC(C)(CC/C=C(\C)CC)CC2)OS(C)(C)OCCCCCCBr. The summed E-state index contributed by atoms with van der Waals surface area (Å²) in [5.74, 6) is 2.00. The maximum atomic E-state index is 6.80. The lowest BCUT2D eigenvalue weighted by Gasteiger charge is -2.39. The number of rotatable bonds is 30. The number of fused-ring (bicyclic) bond motifs is 1. The highest BCUT2D eigenvalue weighted by Crippen LogP contribution is 2.46. The molecule has 1 aliphatic rings.